The predicted molar refractivity (Wildman–Crippen MR) is 92.7 cm³/mol. The van der Waals surface area contributed by atoms with Crippen molar-refractivity contribution in [3.05, 3.63) is 51.4 Å². The fourth-order valence-electron chi connectivity index (χ4n) is 1.85. The summed E-state index contributed by atoms with van der Waals surface area (Å²) in [5.41, 5.74) is 3.19. The number of halogens is 1. The predicted octanol–water partition coefficient (Wildman–Crippen LogP) is 3.11. The van der Waals surface area contributed by atoms with Gasteiger partial charge in [0.2, 0.25) is 0 Å². The summed E-state index contributed by atoms with van der Waals surface area (Å²) in [5, 5.41) is 8.26. The molecule has 0 bridgehead atoms. The molecule has 0 spiro atoms. The molecule has 1 aromatic heterocycles. The minimum Gasteiger partial charge on any atom is -0.497 e. The van der Waals surface area contributed by atoms with Crippen LogP contribution in [0.4, 0.5) is 5.69 Å². The molecule has 7 heteroatoms. The van der Waals surface area contributed by atoms with E-state index in [4.69, 9.17) is 16.3 Å². The smallest absolute Gasteiger partial charge is 0.288 e. The maximum absolute atomic E-state index is 12.2. The van der Waals surface area contributed by atoms with Crippen LogP contribution in [-0.4, -0.2) is 23.1 Å². The molecule has 6 nitrogen and oxygen atoms in total. The van der Waals surface area contributed by atoms with Gasteiger partial charge in [0.1, 0.15) is 16.5 Å². The highest BCUT2D eigenvalue weighted by Gasteiger charge is 2.19. The fourth-order valence-corrected chi connectivity index (χ4v) is 2.03. The lowest BCUT2D eigenvalue weighted by molar-refractivity contribution is 0.338. The summed E-state index contributed by atoms with van der Waals surface area (Å²) in [4.78, 5) is 12.2. The number of rotatable bonds is 4. The molecule has 2 rings (SSSR count). The van der Waals surface area contributed by atoms with Crippen LogP contribution in [0.25, 0.3) is 0 Å². The van der Waals surface area contributed by atoms with Crippen molar-refractivity contribution in [2.45, 2.75) is 26.3 Å². The number of hydrazone groups is 1. The molecule has 23 heavy (non-hydrogen) atoms. The number of anilines is 1. The average Bonchev–Trinajstić information content (AvgIpc) is 2.51. The van der Waals surface area contributed by atoms with Crippen molar-refractivity contribution in [2.75, 3.05) is 12.5 Å². The van der Waals surface area contributed by atoms with Gasteiger partial charge in [-0.05, 0) is 50.6 Å². The molecule has 0 amide bonds. The Morgan fingerprint density at radius 3 is 2.52 bits per heavy atom. The van der Waals surface area contributed by atoms with E-state index in [1.165, 1.54) is 10.9 Å². The van der Waals surface area contributed by atoms with E-state index in [-0.39, 0.29) is 10.6 Å². The van der Waals surface area contributed by atoms with Crippen LogP contribution in [0.1, 0.15) is 26.3 Å². The largest absolute Gasteiger partial charge is 0.497 e. The standard InChI is InChI=1S/C16H19ClN4O2/c1-16(2,3)21-15(22)14(17)13(10-19-21)20-18-9-11-5-7-12(23-4)8-6-11/h5-10,20H,1-4H3/b18-9+. The number of nitrogens with zero attached hydrogens (tertiary/aromatic N) is 3. The molecule has 1 heterocycles. The Labute approximate surface area is 139 Å². The molecule has 0 atom stereocenters. The highest BCUT2D eigenvalue weighted by molar-refractivity contribution is 6.32. The van der Waals surface area contributed by atoms with Crippen LogP contribution in [0.15, 0.2) is 40.4 Å². The van der Waals surface area contributed by atoms with Crippen LogP contribution < -0.4 is 15.7 Å². The van der Waals surface area contributed by atoms with Crippen LogP contribution >= 0.6 is 11.6 Å². The van der Waals surface area contributed by atoms with E-state index in [2.05, 4.69) is 15.6 Å². The Hall–Kier alpha value is -2.34. The van der Waals surface area contributed by atoms with E-state index in [0.29, 0.717) is 5.69 Å². The van der Waals surface area contributed by atoms with Crippen LogP contribution in [0, 0.1) is 0 Å². The molecule has 0 aliphatic carbocycles. The third kappa shape index (κ3) is 4.10. The SMILES string of the molecule is COc1ccc(/C=N/Nc2cnn(C(C)(C)C)c(=O)c2Cl)cc1. The number of aromatic nitrogens is 2. The molecular formula is C16H19ClN4O2. The lowest BCUT2D eigenvalue weighted by Gasteiger charge is -2.20. The van der Waals surface area contributed by atoms with E-state index in [0.717, 1.165) is 11.3 Å². The summed E-state index contributed by atoms with van der Waals surface area (Å²) in [7, 11) is 1.61. The van der Waals surface area contributed by atoms with Gasteiger partial charge >= 0.3 is 0 Å². The summed E-state index contributed by atoms with van der Waals surface area (Å²) >= 11 is 6.10. The fraction of sp³-hybridized carbons (Fsp3) is 0.312. The second-order valence-corrected chi connectivity index (χ2v) is 6.28. The van der Waals surface area contributed by atoms with Gasteiger partial charge in [0, 0.05) is 0 Å². The molecule has 2 aromatic rings. The number of ether oxygens (including phenoxy) is 1. The maximum atomic E-state index is 12.2. The third-order valence-electron chi connectivity index (χ3n) is 3.07. The molecule has 0 saturated carbocycles. The number of hydrogen-bond donors (Lipinski definition) is 1. The van der Waals surface area contributed by atoms with Crippen molar-refractivity contribution in [1.29, 1.82) is 0 Å². The average molecular weight is 335 g/mol. The Morgan fingerprint density at radius 2 is 1.96 bits per heavy atom. The normalized spacial score (nSPS) is 11.7. The molecule has 0 fully saturated rings. The second kappa shape index (κ2) is 6.83. The summed E-state index contributed by atoms with van der Waals surface area (Å²) in [6, 6.07) is 7.39. The zero-order valence-corrected chi connectivity index (χ0v) is 14.3. The number of nitrogens with one attached hydrogen (secondary N) is 1. The molecule has 1 N–H and O–H groups in total. The van der Waals surface area contributed by atoms with E-state index in [1.807, 2.05) is 45.0 Å². The molecule has 0 unspecified atom stereocenters. The van der Waals surface area contributed by atoms with E-state index in [1.54, 1.807) is 13.3 Å². The molecule has 1 aromatic carbocycles. The quantitative estimate of drug-likeness (QED) is 0.689. The van der Waals surface area contributed by atoms with Crippen molar-refractivity contribution < 1.29 is 4.74 Å². The van der Waals surface area contributed by atoms with Gasteiger partial charge in [0.15, 0.2) is 0 Å². The molecule has 0 aliphatic rings. The Bertz CT molecular complexity index is 761. The minimum atomic E-state index is -0.439. The van der Waals surface area contributed by atoms with Crippen molar-refractivity contribution in [1.82, 2.24) is 9.78 Å². The van der Waals surface area contributed by atoms with E-state index >= 15 is 0 Å². The van der Waals surface area contributed by atoms with Crippen LogP contribution in [0.3, 0.4) is 0 Å². The van der Waals surface area contributed by atoms with Crippen molar-refractivity contribution in [3.8, 4) is 5.75 Å². The van der Waals surface area contributed by atoms with Gasteiger partial charge in [0.05, 0.1) is 25.1 Å². The Kier molecular flexibility index (Phi) is 5.05. The van der Waals surface area contributed by atoms with Crippen LogP contribution in [0.5, 0.6) is 5.75 Å². The number of benzene rings is 1. The highest BCUT2D eigenvalue weighted by atomic mass is 35.5. The first-order chi connectivity index (χ1) is 10.8. The van der Waals surface area contributed by atoms with Gasteiger partial charge in [0.25, 0.3) is 5.56 Å². The lowest BCUT2D eigenvalue weighted by Crippen LogP contribution is -2.36. The summed E-state index contributed by atoms with van der Waals surface area (Å²) in [6.07, 6.45) is 3.10. The van der Waals surface area contributed by atoms with Crippen molar-refractivity contribution in [3.63, 3.8) is 0 Å². The van der Waals surface area contributed by atoms with Gasteiger partial charge in [-0.1, -0.05) is 11.6 Å². The van der Waals surface area contributed by atoms with Crippen molar-refractivity contribution in [2.24, 2.45) is 5.10 Å². The van der Waals surface area contributed by atoms with Crippen LogP contribution in [-0.2, 0) is 5.54 Å². The number of methoxy groups -OCH3 is 1. The summed E-state index contributed by atoms with van der Waals surface area (Å²) < 4.78 is 6.43. The maximum Gasteiger partial charge on any atom is 0.288 e. The van der Waals surface area contributed by atoms with Gasteiger partial charge in [-0.15, -0.1) is 0 Å². The van der Waals surface area contributed by atoms with Crippen LogP contribution in [0.2, 0.25) is 5.02 Å². The first kappa shape index (κ1) is 17.0. The third-order valence-corrected chi connectivity index (χ3v) is 3.43. The highest BCUT2D eigenvalue weighted by Crippen LogP contribution is 2.18. The summed E-state index contributed by atoms with van der Waals surface area (Å²) in [5.74, 6) is 0.771. The second-order valence-electron chi connectivity index (χ2n) is 5.90. The zero-order chi connectivity index (χ0) is 17.0. The lowest BCUT2D eigenvalue weighted by atomic mass is 10.1. The molecule has 0 radical (unpaired) electrons. The van der Waals surface area contributed by atoms with E-state index in [9.17, 15) is 4.79 Å². The molecular weight excluding hydrogens is 316 g/mol. The zero-order valence-electron chi connectivity index (χ0n) is 13.5. The van der Waals surface area contributed by atoms with Crippen molar-refractivity contribution >= 4 is 23.5 Å². The topological polar surface area (TPSA) is 68.5 Å². The summed E-state index contributed by atoms with van der Waals surface area (Å²) in [6.45, 7) is 5.64. The first-order valence-electron chi connectivity index (χ1n) is 7.04. The first-order valence-corrected chi connectivity index (χ1v) is 7.42. The molecule has 0 saturated heterocycles. The van der Waals surface area contributed by atoms with Gasteiger partial charge in [-0.2, -0.15) is 10.2 Å². The van der Waals surface area contributed by atoms with Gasteiger partial charge < -0.3 is 4.74 Å². The number of hydrogen-bond acceptors (Lipinski definition) is 5. The van der Waals surface area contributed by atoms with E-state index < -0.39 is 5.54 Å². The molecule has 0 aliphatic heterocycles. The monoisotopic (exact) mass is 334 g/mol. The Morgan fingerprint density at radius 1 is 1.30 bits per heavy atom. The van der Waals surface area contributed by atoms with Gasteiger partial charge in [-0.3, -0.25) is 10.2 Å². The molecule has 122 valence electrons. The Balaban J connectivity index is 2.16. The minimum absolute atomic E-state index is 0.0572. The van der Waals surface area contributed by atoms with Gasteiger partial charge in [-0.25, -0.2) is 4.68 Å².